The fourth-order valence-electron chi connectivity index (χ4n) is 2.95. The van der Waals surface area contributed by atoms with Crippen LogP contribution in [0.5, 0.6) is 0 Å². The average molecular weight is 236 g/mol. The Balaban J connectivity index is 1.91. The van der Waals surface area contributed by atoms with Gasteiger partial charge in [-0.15, -0.1) is 0 Å². The SMILES string of the molecule is Cc1ccc(C2(C3CNCCN3C)COC2)o1. The Morgan fingerprint density at radius 3 is 2.76 bits per heavy atom. The van der Waals surface area contributed by atoms with E-state index in [9.17, 15) is 0 Å². The molecule has 0 amide bonds. The van der Waals surface area contributed by atoms with Crippen molar-refractivity contribution in [1.82, 2.24) is 10.2 Å². The van der Waals surface area contributed by atoms with E-state index in [4.69, 9.17) is 9.15 Å². The maximum absolute atomic E-state index is 5.86. The van der Waals surface area contributed by atoms with Crippen LogP contribution in [0.25, 0.3) is 0 Å². The zero-order valence-corrected chi connectivity index (χ0v) is 10.5. The summed E-state index contributed by atoms with van der Waals surface area (Å²) in [6.07, 6.45) is 0. The number of hydrogen-bond donors (Lipinski definition) is 1. The Morgan fingerprint density at radius 2 is 2.24 bits per heavy atom. The van der Waals surface area contributed by atoms with Crippen molar-refractivity contribution in [1.29, 1.82) is 0 Å². The van der Waals surface area contributed by atoms with Crippen LogP contribution in [0.2, 0.25) is 0 Å². The van der Waals surface area contributed by atoms with Gasteiger partial charge in [0.2, 0.25) is 0 Å². The third-order valence-electron chi connectivity index (χ3n) is 4.10. The van der Waals surface area contributed by atoms with E-state index in [1.807, 2.05) is 13.0 Å². The first kappa shape index (κ1) is 11.3. The molecule has 2 saturated heterocycles. The fraction of sp³-hybridized carbons (Fsp3) is 0.692. The molecular formula is C13H20N2O2. The molecule has 4 nitrogen and oxygen atoms in total. The summed E-state index contributed by atoms with van der Waals surface area (Å²) in [5, 5.41) is 3.48. The summed E-state index contributed by atoms with van der Waals surface area (Å²) in [6.45, 7) is 6.72. The van der Waals surface area contributed by atoms with Gasteiger partial charge >= 0.3 is 0 Å². The molecule has 17 heavy (non-hydrogen) atoms. The minimum absolute atomic E-state index is 0.0520. The van der Waals surface area contributed by atoms with Crippen LogP contribution >= 0.6 is 0 Å². The van der Waals surface area contributed by atoms with Crippen LogP contribution in [0.4, 0.5) is 0 Å². The largest absolute Gasteiger partial charge is 0.466 e. The van der Waals surface area contributed by atoms with Gasteiger partial charge in [-0.25, -0.2) is 0 Å². The Hall–Kier alpha value is -0.840. The predicted molar refractivity (Wildman–Crippen MR) is 65.2 cm³/mol. The maximum Gasteiger partial charge on any atom is 0.116 e. The van der Waals surface area contributed by atoms with Gasteiger partial charge in [0.15, 0.2) is 0 Å². The Morgan fingerprint density at radius 1 is 1.41 bits per heavy atom. The van der Waals surface area contributed by atoms with Crippen LogP contribution < -0.4 is 5.32 Å². The van der Waals surface area contributed by atoms with Crippen LogP contribution in [-0.2, 0) is 10.2 Å². The van der Waals surface area contributed by atoms with Crippen molar-refractivity contribution in [2.45, 2.75) is 18.4 Å². The zero-order valence-electron chi connectivity index (χ0n) is 10.5. The van der Waals surface area contributed by atoms with Gasteiger partial charge in [-0.2, -0.15) is 0 Å². The number of rotatable bonds is 2. The van der Waals surface area contributed by atoms with Gasteiger partial charge < -0.3 is 14.5 Å². The van der Waals surface area contributed by atoms with Crippen LogP contribution in [0.15, 0.2) is 16.5 Å². The first-order valence-corrected chi connectivity index (χ1v) is 6.28. The molecule has 2 fully saturated rings. The zero-order chi connectivity index (χ0) is 11.9. The fourth-order valence-corrected chi connectivity index (χ4v) is 2.95. The molecule has 0 aliphatic carbocycles. The number of furan rings is 1. The number of nitrogens with zero attached hydrogens (tertiary/aromatic N) is 1. The minimum atomic E-state index is 0.0520. The summed E-state index contributed by atoms with van der Waals surface area (Å²) in [4.78, 5) is 2.43. The van der Waals surface area contributed by atoms with Crippen LogP contribution in [-0.4, -0.2) is 50.8 Å². The van der Waals surface area contributed by atoms with Crippen LogP contribution in [0.1, 0.15) is 11.5 Å². The highest BCUT2D eigenvalue weighted by Crippen LogP contribution is 2.39. The highest BCUT2D eigenvalue weighted by molar-refractivity contribution is 5.24. The van der Waals surface area contributed by atoms with E-state index in [0.717, 1.165) is 44.4 Å². The average Bonchev–Trinajstić information content (AvgIpc) is 2.67. The predicted octanol–water partition coefficient (Wildman–Crippen LogP) is 0.760. The van der Waals surface area contributed by atoms with E-state index >= 15 is 0 Å². The van der Waals surface area contributed by atoms with Gasteiger partial charge in [-0.1, -0.05) is 0 Å². The monoisotopic (exact) mass is 236 g/mol. The van der Waals surface area contributed by atoms with Crippen molar-refractivity contribution in [2.24, 2.45) is 0 Å². The molecule has 0 bridgehead atoms. The number of piperazine rings is 1. The molecule has 0 saturated carbocycles. The summed E-state index contributed by atoms with van der Waals surface area (Å²) in [7, 11) is 2.20. The molecule has 1 N–H and O–H groups in total. The Kier molecular flexibility index (Phi) is 2.73. The first-order valence-electron chi connectivity index (χ1n) is 6.28. The lowest BCUT2D eigenvalue weighted by molar-refractivity contribution is -0.112. The molecule has 1 unspecified atom stereocenters. The van der Waals surface area contributed by atoms with Gasteiger partial charge in [0.25, 0.3) is 0 Å². The maximum atomic E-state index is 5.86. The second kappa shape index (κ2) is 4.12. The smallest absolute Gasteiger partial charge is 0.116 e. The third kappa shape index (κ3) is 1.71. The van der Waals surface area contributed by atoms with Crippen LogP contribution in [0.3, 0.4) is 0 Å². The quantitative estimate of drug-likeness (QED) is 0.822. The number of hydrogen-bond acceptors (Lipinski definition) is 4. The van der Waals surface area contributed by atoms with Crippen LogP contribution in [0, 0.1) is 6.92 Å². The van der Waals surface area contributed by atoms with Gasteiger partial charge in [0, 0.05) is 25.7 Å². The molecule has 1 aromatic heterocycles. The number of ether oxygens (including phenoxy) is 1. The molecule has 2 aliphatic heterocycles. The number of nitrogens with one attached hydrogen (secondary N) is 1. The highest BCUT2D eigenvalue weighted by atomic mass is 16.5. The molecular weight excluding hydrogens is 216 g/mol. The lowest BCUT2D eigenvalue weighted by Crippen LogP contribution is -2.66. The molecule has 0 spiro atoms. The molecule has 0 radical (unpaired) electrons. The lowest BCUT2D eigenvalue weighted by Gasteiger charge is -2.50. The normalized spacial score (nSPS) is 28.9. The van der Waals surface area contributed by atoms with Crippen molar-refractivity contribution >= 4 is 0 Å². The van der Waals surface area contributed by atoms with Gasteiger partial charge in [0.1, 0.15) is 11.5 Å². The standard InChI is InChI=1S/C13H20N2O2/c1-10-3-4-12(17-10)13(8-16-9-13)11-7-14-5-6-15(11)2/h3-4,11,14H,5-9H2,1-2H3. The molecule has 1 aromatic rings. The lowest BCUT2D eigenvalue weighted by atomic mass is 9.74. The highest BCUT2D eigenvalue weighted by Gasteiger charge is 2.51. The van der Waals surface area contributed by atoms with E-state index in [1.165, 1.54) is 0 Å². The van der Waals surface area contributed by atoms with E-state index in [2.05, 4.69) is 23.3 Å². The summed E-state index contributed by atoms with van der Waals surface area (Å²) < 4.78 is 11.3. The van der Waals surface area contributed by atoms with Crippen molar-refractivity contribution < 1.29 is 9.15 Å². The van der Waals surface area contributed by atoms with E-state index in [-0.39, 0.29) is 5.41 Å². The Bertz CT molecular complexity index is 398. The molecule has 3 heterocycles. The second-order valence-corrected chi connectivity index (χ2v) is 5.26. The molecule has 0 aromatic carbocycles. The second-order valence-electron chi connectivity index (χ2n) is 5.26. The Labute approximate surface area is 102 Å². The number of aryl methyl sites for hydroxylation is 1. The van der Waals surface area contributed by atoms with Crippen molar-refractivity contribution in [3.8, 4) is 0 Å². The molecule has 4 heteroatoms. The third-order valence-corrected chi connectivity index (χ3v) is 4.10. The summed E-state index contributed by atoms with van der Waals surface area (Å²) in [6, 6.07) is 4.63. The topological polar surface area (TPSA) is 37.6 Å². The van der Waals surface area contributed by atoms with Gasteiger partial charge in [-0.3, -0.25) is 4.90 Å². The van der Waals surface area contributed by atoms with Gasteiger partial charge in [-0.05, 0) is 26.1 Å². The van der Waals surface area contributed by atoms with Crippen molar-refractivity contribution in [2.75, 3.05) is 39.9 Å². The minimum Gasteiger partial charge on any atom is -0.466 e. The molecule has 3 rings (SSSR count). The van der Waals surface area contributed by atoms with E-state index in [1.54, 1.807) is 0 Å². The molecule has 94 valence electrons. The van der Waals surface area contributed by atoms with Gasteiger partial charge in [0.05, 0.1) is 18.6 Å². The summed E-state index contributed by atoms with van der Waals surface area (Å²) in [5.41, 5.74) is 0.0520. The molecule has 1 atom stereocenters. The van der Waals surface area contributed by atoms with E-state index < -0.39 is 0 Å². The van der Waals surface area contributed by atoms with Crippen molar-refractivity contribution in [3.63, 3.8) is 0 Å². The van der Waals surface area contributed by atoms with Crippen molar-refractivity contribution in [3.05, 3.63) is 23.7 Å². The number of likely N-dealkylation sites (N-methyl/N-ethyl adjacent to an activating group) is 1. The summed E-state index contributed by atoms with van der Waals surface area (Å²) in [5.74, 6) is 2.07. The first-order chi connectivity index (χ1) is 8.22. The van der Waals surface area contributed by atoms with E-state index in [0.29, 0.717) is 6.04 Å². The summed E-state index contributed by atoms with van der Waals surface area (Å²) >= 11 is 0. The molecule has 2 aliphatic rings.